The van der Waals surface area contributed by atoms with Gasteiger partial charge in [-0.3, -0.25) is 0 Å². The smallest absolute Gasteiger partial charge is 0.187 e. The fourth-order valence-electron chi connectivity index (χ4n) is 1.43. The van der Waals surface area contributed by atoms with Crippen LogP contribution < -0.4 is 5.73 Å². The molecule has 1 aromatic rings. The molecule has 0 amide bonds. The molecule has 0 heterocycles. The lowest BCUT2D eigenvalue weighted by Crippen LogP contribution is -1.92. The van der Waals surface area contributed by atoms with Gasteiger partial charge in [0.2, 0.25) is 0 Å². The summed E-state index contributed by atoms with van der Waals surface area (Å²) in [5.41, 5.74) is 9.50. The minimum Gasteiger partial charge on any atom is -0.398 e. The largest absolute Gasteiger partial charge is 0.398 e. The van der Waals surface area contributed by atoms with Crippen LogP contribution in [0.5, 0.6) is 0 Å². The fourth-order valence-corrected chi connectivity index (χ4v) is 1.43. The Morgan fingerprint density at radius 1 is 1.42 bits per heavy atom. The zero-order chi connectivity index (χ0) is 8.55. The molecular formula is C10H8N2. The van der Waals surface area contributed by atoms with Crippen LogP contribution >= 0.6 is 0 Å². The first kappa shape index (κ1) is 6.93. The fraction of sp³-hybridized carbons (Fsp3) is 0.100. The first-order valence-corrected chi connectivity index (χ1v) is 3.77. The van der Waals surface area contributed by atoms with Crippen LogP contribution in [0.3, 0.4) is 0 Å². The molecule has 1 aliphatic carbocycles. The quantitative estimate of drug-likeness (QED) is 0.573. The Morgan fingerprint density at radius 2 is 2.25 bits per heavy atom. The van der Waals surface area contributed by atoms with Crippen molar-refractivity contribution in [3.8, 4) is 0 Å². The minimum atomic E-state index is 0.692. The summed E-state index contributed by atoms with van der Waals surface area (Å²) in [6, 6.07) is 5.62. The van der Waals surface area contributed by atoms with Crippen molar-refractivity contribution in [2.75, 3.05) is 0 Å². The number of rotatable bonds is 0. The third-order valence-corrected chi connectivity index (χ3v) is 2.07. The Labute approximate surface area is 71.1 Å². The molecule has 0 bridgehead atoms. The number of benzene rings is 1. The molecule has 0 atom stereocenters. The SMILES string of the molecule is [C-]#[N+]c1ccc2c(c1)CC=C2N. The highest BCUT2D eigenvalue weighted by molar-refractivity contribution is 5.72. The maximum absolute atomic E-state index is 6.83. The van der Waals surface area contributed by atoms with Crippen molar-refractivity contribution in [1.82, 2.24) is 0 Å². The van der Waals surface area contributed by atoms with Crippen LogP contribution in [0.25, 0.3) is 10.5 Å². The van der Waals surface area contributed by atoms with Crippen LogP contribution in [-0.2, 0) is 6.42 Å². The van der Waals surface area contributed by atoms with Crippen molar-refractivity contribution < 1.29 is 0 Å². The van der Waals surface area contributed by atoms with Crippen LogP contribution in [0.15, 0.2) is 24.3 Å². The van der Waals surface area contributed by atoms with Crippen molar-refractivity contribution in [1.29, 1.82) is 0 Å². The number of hydrogen-bond donors (Lipinski definition) is 1. The second kappa shape index (κ2) is 2.38. The third kappa shape index (κ3) is 0.876. The molecule has 2 nitrogen and oxygen atoms in total. The molecule has 0 spiro atoms. The molecule has 2 N–H and O–H groups in total. The lowest BCUT2D eigenvalue weighted by molar-refractivity contribution is 1.32. The number of allylic oxidation sites excluding steroid dienone is 1. The van der Waals surface area contributed by atoms with E-state index in [1.54, 1.807) is 6.07 Å². The normalized spacial score (nSPS) is 13.4. The van der Waals surface area contributed by atoms with E-state index in [1.165, 1.54) is 5.56 Å². The van der Waals surface area contributed by atoms with Crippen LogP contribution in [0, 0.1) is 6.57 Å². The van der Waals surface area contributed by atoms with E-state index in [0.29, 0.717) is 5.69 Å². The summed E-state index contributed by atoms with van der Waals surface area (Å²) >= 11 is 0. The second-order valence-electron chi connectivity index (χ2n) is 2.82. The lowest BCUT2D eigenvalue weighted by atomic mass is 10.1. The summed E-state index contributed by atoms with van der Waals surface area (Å²) in [6.07, 6.45) is 2.85. The van der Waals surface area contributed by atoms with Crippen molar-refractivity contribution in [3.05, 3.63) is 46.8 Å². The van der Waals surface area contributed by atoms with Crippen molar-refractivity contribution in [3.63, 3.8) is 0 Å². The average Bonchev–Trinajstić information content (AvgIpc) is 2.47. The van der Waals surface area contributed by atoms with Gasteiger partial charge in [-0.05, 0) is 17.5 Å². The molecule has 58 valence electrons. The van der Waals surface area contributed by atoms with Gasteiger partial charge in [0.1, 0.15) is 0 Å². The lowest BCUT2D eigenvalue weighted by Gasteiger charge is -2.00. The Morgan fingerprint density at radius 3 is 3.00 bits per heavy atom. The van der Waals surface area contributed by atoms with Gasteiger partial charge in [-0.2, -0.15) is 0 Å². The van der Waals surface area contributed by atoms with E-state index >= 15 is 0 Å². The first-order valence-electron chi connectivity index (χ1n) is 3.77. The standard InChI is InChI=1S/C10H8N2/c1-12-8-3-4-9-7(6-8)2-5-10(9)11/h3-6H,2,11H2. The van der Waals surface area contributed by atoms with E-state index in [-0.39, 0.29) is 0 Å². The predicted octanol–water partition coefficient (Wildman–Crippen LogP) is 2.09. The Bertz CT molecular complexity index is 397. The van der Waals surface area contributed by atoms with Gasteiger partial charge in [0.05, 0.1) is 6.57 Å². The van der Waals surface area contributed by atoms with Crippen LogP contribution in [0.2, 0.25) is 0 Å². The molecule has 0 radical (unpaired) electrons. The van der Waals surface area contributed by atoms with Crippen molar-refractivity contribution in [2.24, 2.45) is 5.73 Å². The summed E-state index contributed by atoms with van der Waals surface area (Å²) < 4.78 is 0. The summed E-state index contributed by atoms with van der Waals surface area (Å²) in [5.74, 6) is 0. The molecule has 1 aromatic carbocycles. The molecule has 0 unspecified atom stereocenters. The van der Waals surface area contributed by atoms with Gasteiger partial charge < -0.3 is 5.73 Å². The van der Waals surface area contributed by atoms with E-state index in [4.69, 9.17) is 12.3 Å². The molecule has 0 saturated carbocycles. The van der Waals surface area contributed by atoms with Gasteiger partial charge in [0.15, 0.2) is 5.69 Å². The summed E-state index contributed by atoms with van der Waals surface area (Å²) in [6.45, 7) is 6.83. The van der Waals surface area contributed by atoms with E-state index in [2.05, 4.69) is 4.85 Å². The number of nitrogens with two attached hydrogens (primary N) is 1. The zero-order valence-corrected chi connectivity index (χ0v) is 6.54. The summed E-state index contributed by atoms with van der Waals surface area (Å²) in [4.78, 5) is 3.36. The van der Waals surface area contributed by atoms with Crippen molar-refractivity contribution in [2.45, 2.75) is 6.42 Å². The summed E-state index contributed by atoms with van der Waals surface area (Å²) in [7, 11) is 0. The predicted molar refractivity (Wildman–Crippen MR) is 48.6 cm³/mol. The molecule has 0 aromatic heterocycles. The Hall–Kier alpha value is -1.75. The van der Waals surface area contributed by atoms with Crippen molar-refractivity contribution >= 4 is 11.4 Å². The highest BCUT2D eigenvalue weighted by Crippen LogP contribution is 2.27. The number of hydrogen-bond acceptors (Lipinski definition) is 1. The van der Waals surface area contributed by atoms with E-state index in [0.717, 1.165) is 17.7 Å². The van der Waals surface area contributed by atoms with E-state index < -0.39 is 0 Å². The van der Waals surface area contributed by atoms with Gasteiger partial charge in [-0.1, -0.05) is 24.3 Å². The van der Waals surface area contributed by atoms with Crippen LogP contribution in [0.4, 0.5) is 5.69 Å². The van der Waals surface area contributed by atoms with Gasteiger partial charge >= 0.3 is 0 Å². The van der Waals surface area contributed by atoms with Gasteiger partial charge in [0.25, 0.3) is 0 Å². The van der Waals surface area contributed by atoms with E-state index in [9.17, 15) is 0 Å². The highest BCUT2D eigenvalue weighted by Gasteiger charge is 2.10. The Balaban J connectivity index is 2.55. The van der Waals surface area contributed by atoms with Crippen LogP contribution in [0.1, 0.15) is 11.1 Å². The maximum Gasteiger partial charge on any atom is 0.187 e. The van der Waals surface area contributed by atoms with E-state index in [1.807, 2.05) is 18.2 Å². The zero-order valence-electron chi connectivity index (χ0n) is 6.54. The molecule has 0 aliphatic heterocycles. The molecule has 1 aliphatic rings. The molecule has 0 saturated heterocycles. The Kier molecular flexibility index (Phi) is 1.38. The topological polar surface area (TPSA) is 30.4 Å². The van der Waals surface area contributed by atoms with Gasteiger partial charge in [-0.25, -0.2) is 4.85 Å². The second-order valence-corrected chi connectivity index (χ2v) is 2.82. The highest BCUT2D eigenvalue weighted by atomic mass is 14.6. The molecular weight excluding hydrogens is 148 g/mol. The average molecular weight is 156 g/mol. The maximum atomic E-state index is 6.83. The monoisotopic (exact) mass is 156 g/mol. The minimum absolute atomic E-state index is 0.692. The number of fused-ring (bicyclic) bond motifs is 1. The van der Waals surface area contributed by atoms with Gasteiger partial charge in [-0.15, -0.1) is 0 Å². The number of nitrogens with zero attached hydrogens (tertiary/aromatic N) is 1. The molecule has 0 fully saturated rings. The summed E-state index contributed by atoms with van der Waals surface area (Å²) in [5, 5.41) is 0. The third-order valence-electron chi connectivity index (χ3n) is 2.07. The molecule has 2 rings (SSSR count). The first-order chi connectivity index (χ1) is 5.81. The molecule has 2 heteroatoms. The van der Waals surface area contributed by atoms with Gasteiger partial charge in [0, 0.05) is 5.70 Å². The molecule has 12 heavy (non-hydrogen) atoms. The van der Waals surface area contributed by atoms with Crippen LogP contribution in [-0.4, -0.2) is 0 Å².